The van der Waals surface area contributed by atoms with Crippen LogP contribution in [0.5, 0.6) is 0 Å². The van der Waals surface area contributed by atoms with Crippen molar-refractivity contribution >= 4 is 40.7 Å². The molecule has 0 bridgehead atoms. The van der Waals surface area contributed by atoms with E-state index in [9.17, 15) is 0 Å². The Kier molecular flexibility index (Phi) is 6.97. The first-order chi connectivity index (χ1) is 14.9. The molecular formula is C24H32ClN5S. The predicted octanol–water partition coefficient (Wildman–Crippen LogP) is 5.62. The van der Waals surface area contributed by atoms with Gasteiger partial charge in [0.2, 0.25) is 5.95 Å². The zero-order chi connectivity index (χ0) is 21.8. The van der Waals surface area contributed by atoms with E-state index in [1.54, 1.807) is 0 Å². The van der Waals surface area contributed by atoms with E-state index >= 15 is 0 Å². The maximum Gasteiger partial charge on any atom is 0.231 e. The van der Waals surface area contributed by atoms with Gasteiger partial charge >= 0.3 is 0 Å². The molecule has 1 aromatic heterocycles. The van der Waals surface area contributed by atoms with Gasteiger partial charge in [0.25, 0.3) is 0 Å². The molecule has 31 heavy (non-hydrogen) atoms. The number of piperidine rings is 1. The van der Waals surface area contributed by atoms with E-state index in [4.69, 9.17) is 28.8 Å². The number of rotatable bonds is 5. The van der Waals surface area contributed by atoms with Crippen LogP contribution in [0.4, 0.5) is 11.8 Å². The van der Waals surface area contributed by atoms with Crippen molar-refractivity contribution in [1.82, 2.24) is 15.3 Å². The summed E-state index contributed by atoms with van der Waals surface area (Å²) < 4.78 is 0. The third kappa shape index (κ3) is 5.29. The zero-order valence-corrected chi connectivity index (χ0v) is 20.0. The summed E-state index contributed by atoms with van der Waals surface area (Å²) in [5, 5.41) is 8.03. The number of nitrogens with one attached hydrogen (secondary N) is 2. The first-order valence-corrected chi connectivity index (χ1v) is 12.2. The average Bonchev–Trinajstić information content (AvgIpc) is 3.23. The Morgan fingerprint density at radius 1 is 1.16 bits per heavy atom. The summed E-state index contributed by atoms with van der Waals surface area (Å²) in [4.78, 5) is 11.7. The van der Waals surface area contributed by atoms with Crippen LogP contribution in [0.1, 0.15) is 63.1 Å². The first-order valence-electron chi connectivity index (χ1n) is 11.4. The molecule has 1 aliphatic carbocycles. The Balaban J connectivity index is 1.43. The monoisotopic (exact) mass is 457 g/mol. The molecule has 5 nitrogen and oxygen atoms in total. The van der Waals surface area contributed by atoms with Crippen molar-refractivity contribution in [2.75, 3.05) is 23.3 Å². The SMILES string of the molecule is Cc1cc(N2CCCC[C@H]2C)nc(NC(=S)NCC2(c3ccc(Cl)cc3)CCCC2)n1. The Hall–Kier alpha value is -1.92. The van der Waals surface area contributed by atoms with Gasteiger partial charge in [-0.15, -0.1) is 0 Å². The molecule has 1 aromatic carbocycles. The van der Waals surface area contributed by atoms with Crippen LogP contribution in [-0.2, 0) is 5.41 Å². The molecule has 0 amide bonds. The van der Waals surface area contributed by atoms with Crippen molar-refractivity contribution in [1.29, 1.82) is 0 Å². The largest absolute Gasteiger partial charge is 0.361 e. The molecule has 2 heterocycles. The van der Waals surface area contributed by atoms with Crippen molar-refractivity contribution in [3.8, 4) is 0 Å². The van der Waals surface area contributed by atoms with E-state index in [0.717, 1.165) is 42.5 Å². The maximum absolute atomic E-state index is 6.11. The topological polar surface area (TPSA) is 53.1 Å². The Morgan fingerprint density at radius 3 is 2.61 bits per heavy atom. The lowest BCUT2D eigenvalue weighted by atomic mass is 9.79. The van der Waals surface area contributed by atoms with Gasteiger partial charge in [-0.2, -0.15) is 4.98 Å². The van der Waals surface area contributed by atoms with Gasteiger partial charge in [-0.1, -0.05) is 36.6 Å². The van der Waals surface area contributed by atoms with Gasteiger partial charge < -0.3 is 15.5 Å². The number of anilines is 2. The molecule has 7 heteroatoms. The lowest BCUT2D eigenvalue weighted by Crippen LogP contribution is -2.41. The van der Waals surface area contributed by atoms with Crippen LogP contribution in [-0.4, -0.2) is 34.2 Å². The Labute approximate surface area is 196 Å². The number of halogens is 1. The molecule has 0 unspecified atom stereocenters. The number of hydrogen-bond donors (Lipinski definition) is 2. The molecule has 2 fully saturated rings. The average molecular weight is 458 g/mol. The highest BCUT2D eigenvalue weighted by molar-refractivity contribution is 7.80. The van der Waals surface area contributed by atoms with Crippen LogP contribution in [0.25, 0.3) is 0 Å². The number of thiocarbonyl (C=S) groups is 1. The van der Waals surface area contributed by atoms with Gasteiger partial charge in [0.1, 0.15) is 5.82 Å². The molecule has 0 radical (unpaired) electrons. The third-order valence-electron chi connectivity index (χ3n) is 6.77. The third-order valence-corrected chi connectivity index (χ3v) is 7.27. The maximum atomic E-state index is 6.11. The predicted molar refractivity (Wildman–Crippen MR) is 133 cm³/mol. The van der Waals surface area contributed by atoms with E-state index in [1.165, 1.54) is 37.7 Å². The summed E-state index contributed by atoms with van der Waals surface area (Å²) in [6, 6.07) is 10.8. The van der Waals surface area contributed by atoms with Crippen molar-refractivity contribution in [3.05, 3.63) is 46.6 Å². The molecule has 2 N–H and O–H groups in total. The molecule has 1 atom stereocenters. The fraction of sp³-hybridized carbons (Fsp3) is 0.542. The zero-order valence-electron chi connectivity index (χ0n) is 18.5. The summed E-state index contributed by atoms with van der Waals surface area (Å²) in [7, 11) is 0. The molecule has 1 aliphatic heterocycles. The quantitative estimate of drug-likeness (QED) is 0.568. The number of hydrogen-bond acceptors (Lipinski definition) is 4. The summed E-state index contributed by atoms with van der Waals surface area (Å²) in [6.07, 6.45) is 8.49. The van der Waals surface area contributed by atoms with Gasteiger partial charge in [0.05, 0.1) is 0 Å². The first kappa shape index (κ1) is 22.3. The number of nitrogens with zero attached hydrogens (tertiary/aromatic N) is 3. The van der Waals surface area contributed by atoms with Crippen molar-refractivity contribution in [2.24, 2.45) is 0 Å². The lowest BCUT2D eigenvalue weighted by Gasteiger charge is -2.34. The lowest BCUT2D eigenvalue weighted by molar-refractivity contribution is 0.435. The highest BCUT2D eigenvalue weighted by Crippen LogP contribution is 2.41. The minimum Gasteiger partial charge on any atom is -0.361 e. The van der Waals surface area contributed by atoms with Crippen LogP contribution in [0.2, 0.25) is 5.02 Å². The molecule has 2 aliphatic rings. The van der Waals surface area contributed by atoms with Crippen LogP contribution in [0.3, 0.4) is 0 Å². The van der Waals surface area contributed by atoms with E-state index < -0.39 is 0 Å². The van der Waals surface area contributed by atoms with Crippen molar-refractivity contribution < 1.29 is 0 Å². The minimum absolute atomic E-state index is 0.0954. The van der Waals surface area contributed by atoms with E-state index in [2.05, 4.69) is 45.6 Å². The van der Waals surface area contributed by atoms with Gasteiger partial charge in [-0.25, -0.2) is 4.98 Å². The fourth-order valence-corrected chi connectivity index (χ4v) is 5.30. The Morgan fingerprint density at radius 2 is 1.90 bits per heavy atom. The van der Waals surface area contributed by atoms with Gasteiger partial charge in [-0.05, 0) is 75.9 Å². The normalized spacial score (nSPS) is 20.5. The van der Waals surface area contributed by atoms with Gasteiger partial charge in [-0.3, -0.25) is 0 Å². The fourth-order valence-electron chi connectivity index (χ4n) is 5.01. The highest BCUT2D eigenvalue weighted by Gasteiger charge is 2.35. The molecular weight excluding hydrogens is 426 g/mol. The van der Waals surface area contributed by atoms with Gasteiger partial charge in [0, 0.05) is 41.3 Å². The van der Waals surface area contributed by atoms with Crippen LogP contribution < -0.4 is 15.5 Å². The van der Waals surface area contributed by atoms with Crippen molar-refractivity contribution in [3.63, 3.8) is 0 Å². The molecule has 1 saturated heterocycles. The molecule has 4 rings (SSSR count). The molecule has 0 spiro atoms. The summed E-state index contributed by atoms with van der Waals surface area (Å²) in [6.45, 7) is 6.12. The second kappa shape index (κ2) is 9.70. The molecule has 1 saturated carbocycles. The summed E-state index contributed by atoms with van der Waals surface area (Å²) in [5.74, 6) is 1.55. The standard InChI is InChI=1S/C24H32ClN5S/c1-17-15-21(30-14-6-3-7-18(30)2)28-22(27-17)29-23(31)26-16-24(12-4-5-13-24)19-8-10-20(25)11-9-19/h8-11,15,18H,3-7,12-14,16H2,1-2H3,(H2,26,27,28,29,31)/t18-/m1/s1. The number of aromatic nitrogens is 2. The minimum atomic E-state index is 0.0954. The molecule has 166 valence electrons. The molecule has 2 aromatic rings. The number of aryl methyl sites for hydroxylation is 1. The second-order valence-electron chi connectivity index (χ2n) is 9.03. The van der Waals surface area contributed by atoms with Crippen LogP contribution >= 0.6 is 23.8 Å². The smallest absolute Gasteiger partial charge is 0.231 e. The van der Waals surface area contributed by atoms with E-state index in [1.807, 2.05) is 19.1 Å². The van der Waals surface area contributed by atoms with Gasteiger partial charge in [0.15, 0.2) is 5.11 Å². The second-order valence-corrected chi connectivity index (χ2v) is 9.88. The number of benzene rings is 1. The van der Waals surface area contributed by atoms with E-state index in [-0.39, 0.29) is 5.41 Å². The summed E-state index contributed by atoms with van der Waals surface area (Å²) >= 11 is 11.7. The Bertz CT molecular complexity index is 911. The van der Waals surface area contributed by atoms with Crippen LogP contribution in [0, 0.1) is 6.92 Å². The van der Waals surface area contributed by atoms with Crippen LogP contribution in [0.15, 0.2) is 30.3 Å². The summed E-state index contributed by atoms with van der Waals surface area (Å²) in [5.41, 5.74) is 2.37. The highest BCUT2D eigenvalue weighted by atomic mass is 35.5. The van der Waals surface area contributed by atoms with E-state index in [0.29, 0.717) is 17.1 Å². The van der Waals surface area contributed by atoms with Crippen molar-refractivity contribution in [2.45, 2.75) is 70.3 Å².